The number of ether oxygens (including phenoxy) is 1. The normalized spacial score (nSPS) is 12.2. The number of carbonyl (C=O) groups excluding carboxylic acids is 1. The number of thiophene rings is 1. The van der Waals surface area contributed by atoms with Crippen LogP contribution in [0.15, 0.2) is 72.4 Å². The third kappa shape index (κ3) is 4.69. The number of likely N-dealkylation sites (N-methyl/N-ethyl adjacent to an activating group) is 1. The van der Waals surface area contributed by atoms with E-state index in [9.17, 15) is 4.79 Å². The number of nitrogens with zero attached hydrogens (tertiary/aromatic N) is 3. The molecule has 3 heterocycles. The molecule has 0 saturated heterocycles. The molecule has 1 amide bonds. The number of amides is 1. The zero-order chi connectivity index (χ0) is 20.9. The van der Waals surface area contributed by atoms with Crippen molar-refractivity contribution in [3.8, 4) is 5.75 Å². The number of rotatable bonds is 8. The van der Waals surface area contributed by atoms with E-state index >= 15 is 0 Å². The molecule has 0 radical (unpaired) electrons. The highest BCUT2D eigenvalue weighted by Gasteiger charge is 2.17. The zero-order valence-corrected chi connectivity index (χ0v) is 17.8. The number of imidazole rings is 1. The van der Waals surface area contributed by atoms with E-state index in [1.165, 1.54) is 4.88 Å². The van der Waals surface area contributed by atoms with Gasteiger partial charge in [0.2, 0.25) is 0 Å². The Morgan fingerprint density at radius 3 is 2.87 bits per heavy atom. The van der Waals surface area contributed by atoms with E-state index in [-0.39, 0.29) is 11.9 Å². The van der Waals surface area contributed by atoms with Crippen LogP contribution in [-0.4, -0.2) is 40.8 Å². The summed E-state index contributed by atoms with van der Waals surface area (Å²) in [7, 11) is 4.04. The zero-order valence-electron chi connectivity index (χ0n) is 17.0. The lowest BCUT2D eigenvalue weighted by atomic mass is 10.1. The molecule has 0 spiro atoms. The van der Waals surface area contributed by atoms with Crippen molar-refractivity contribution in [2.45, 2.75) is 12.6 Å². The Morgan fingerprint density at radius 2 is 2.10 bits per heavy atom. The van der Waals surface area contributed by atoms with Gasteiger partial charge >= 0.3 is 0 Å². The molecule has 7 heteroatoms. The summed E-state index contributed by atoms with van der Waals surface area (Å²) in [5.41, 5.74) is 2.29. The Hall–Kier alpha value is -3.16. The summed E-state index contributed by atoms with van der Waals surface area (Å²) in [6, 6.07) is 17.4. The van der Waals surface area contributed by atoms with E-state index in [0.717, 1.165) is 11.3 Å². The van der Waals surface area contributed by atoms with Gasteiger partial charge in [0.15, 0.2) is 0 Å². The molecule has 3 aromatic heterocycles. The van der Waals surface area contributed by atoms with E-state index in [1.54, 1.807) is 23.5 Å². The largest absolute Gasteiger partial charge is 0.487 e. The van der Waals surface area contributed by atoms with Crippen LogP contribution in [0.2, 0.25) is 0 Å². The number of aromatic nitrogens is 2. The SMILES string of the molecule is CN(C)C(CNC(=O)c1cccc(OCc2cn3ccccc3n2)c1)c1cccs1. The van der Waals surface area contributed by atoms with Crippen LogP contribution in [0.5, 0.6) is 5.75 Å². The molecule has 30 heavy (non-hydrogen) atoms. The molecule has 1 atom stereocenters. The van der Waals surface area contributed by atoms with Gasteiger partial charge in [-0.05, 0) is 55.9 Å². The average molecular weight is 421 g/mol. The first-order chi connectivity index (χ1) is 14.6. The minimum Gasteiger partial charge on any atom is -0.487 e. The molecule has 0 aliphatic heterocycles. The molecule has 0 bridgehead atoms. The Balaban J connectivity index is 1.37. The third-order valence-electron chi connectivity index (χ3n) is 4.85. The van der Waals surface area contributed by atoms with Crippen molar-refractivity contribution in [2.75, 3.05) is 20.6 Å². The van der Waals surface area contributed by atoms with Crippen LogP contribution >= 0.6 is 11.3 Å². The van der Waals surface area contributed by atoms with Crippen molar-refractivity contribution in [1.29, 1.82) is 0 Å². The fourth-order valence-corrected chi connectivity index (χ4v) is 4.17. The van der Waals surface area contributed by atoms with Crippen LogP contribution in [0.1, 0.15) is 27.0 Å². The van der Waals surface area contributed by atoms with E-state index in [2.05, 4.69) is 26.6 Å². The first kappa shape index (κ1) is 20.1. The molecule has 0 aliphatic carbocycles. The molecule has 1 aromatic carbocycles. The smallest absolute Gasteiger partial charge is 0.251 e. The van der Waals surface area contributed by atoms with Crippen LogP contribution < -0.4 is 10.1 Å². The van der Waals surface area contributed by atoms with Crippen LogP contribution in [0.3, 0.4) is 0 Å². The van der Waals surface area contributed by atoms with Crippen LogP contribution in [0.4, 0.5) is 0 Å². The lowest BCUT2D eigenvalue weighted by Crippen LogP contribution is -2.34. The van der Waals surface area contributed by atoms with E-state index in [4.69, 9.17) is 4.74 Å². The highest BCUT2D eigenvalue weighted by molar-refractivity contribution is 7.10. The van der Waals surface area contributed by atoms with Crippen molar-refractivity contribution >= 4 is 22.9 Å². The molecule has 0 fully saturated rings. The minimum absolute atomic E-state index is 0.114. The minimum atomic E-state index is -0.114. The van der Waals surface area contributed by atoms with Crippen molar-refractivity contribution < 1.29 is 9.53 Å². The lowest BCUT2D eigenvalue weighted by Gasteiger charge is -2.23. The topological polar surface area (TPSA) is 58.9 Å². The quantitative estimate of drug-likeness (QED) is 0.468. The Bertz CT molecular complexity index is 1090. The molecule has 4 rings (SSSR count). The highest BCUT2D eigenvalue weighted by Crippen LogP contribution is 2.22. The van der Waals surface area contributed by atoms with E-state index < -0.39 is 0 Å². The summed E-state index contributed by atoms with van der Waals surface area (Å²) < 4.78 is 7.83. The van der Waals surface area contributed by atoms with Crippen molar-refractivity contribution in [3.05, 3.63) is 88.5 Å². The number of fused-ring (bicyclic) bond motifs is 1. The Morgan fingerprint density at radius 1 is 1.20 bits per heavy atom. The number of hydrogen-bond donors (Lipinski definition) is 1. The number of carbonyl (C=O) groups is 1. The van der Waals surface area contributed by atoms with Gasteiger partial charge in [0.1, 0.15) is 18.0 Å². The van der Waals surface area contributed by atoms with Crippen molar-refractivity contribution in [1.82, 2.24) is 19.6 Å². The van der Waals surface area contributed by atoms with Gasteiger partial charge in [0.25, 0.3) is 5.91 Å². The second-order valence-electron chi connectivity index (χ2n) is 7.22. The number of benzene rings is 1. The van der Waals surface area contributed by atoms with E-state index in [0.29, 0.717) is 24.5 Å². The molecular weight excluding hydrogens is 396 g/mol. The third-order valence-corrected chi connectivity index (χ3v) is 5.82. The van der Waals surface area contributed by atoms with Gasteiger partial charge in [-0.2, -0.15) is 0 Å². The fraction of sp³-hybridized carbons (Fsp3) is 0.217. The van der Waals surface area contributed by atoms with Crippen LogP contribution in [-0.2, 0) is 6.61 Å². The average Bonchev–Trinajstić information content (AvgIpc) is 3.42. The van der Waals surface area contributed by atoms with Gasteiger partial charge in [0.05, 0.1) is 11.7 Å². The predicted molar refractivity (Wildman–Crippen MR) is 119 cm³/mol. The standard InChI is InChI=1S/C23H24N4O2S/c1-26(2)20(21-9-6-12-30-21)14-24-23(28)17-7-5-8-19(13-17)29-16-18-15-27-11-4-3-10-22(27)25-18/h3-13,15,20H,14,16H2,1-2H3,(H,24,28). The summed E-state index contributed by atoms with van der Waals surface area (Å²) in [6.45, 7) is 0.881. The molecule has 0 aliphatic rings. The van der Waals surface area contributed by atoms with Gasteiger partial charge in [-0.15, -0.1) is 11.3 Å². The van der Waals surface area contributed by atoms with Gasteiger partial charge in [-0.25, -0.2) is 4.98 Å². The van der Waals surface area contributed by atoms with Gasteiger partial charge in [-0.3, -0.25) is 4.79 Å². The summed E-state index contributed by atoms with van der Waals surface area (Å²) in [5.74, 6) is 0.527. The highest BCUT2D eigenvalue weighted by atomic mass is 32.1. The number of hydrogen-bond acceptors (Lipinski definition) is 5. The second kappa shape index (κ2) is 9.11. The van der Waals surface area contributed by atoms with Gasteiger partial charge in [0, 0.05) is 29.4 Å². The monoisotopic (exact) mass is 420 g/mol. The first-order valence-electron chi connectivity index (χ1n) is 9.73. The first-order valence-corrected chi connectivity index (χ1v) is 10.6. The molecular formula is C23H24N4O2S. The van der Waals surface area contributed by atoms with Gasteiger partial charge in [-0.1, -0.05) is 18.2 Å². The van der Waals surface area contributed by atoms with Gasteiger partial charge < -0.3 is 19.4 Å². The molecule has 154 valence electrons. The summed E-state index contributed by atoms with van der Waals surface area (Å²) in [5, 5.41) is 5.10. The molecule has 1 N–H and O–H groups in total. The Kier molecular flexibility index (Phi) is 6.11. The maximum absolute atomic E-state index is 12.7. The summed E-state index contributed by atoms with van der Waals surface area (Å²) in [4.78, 5) is 20.6. The molecule has 0 saturated carbocycles. The maximum Gasteiger partial charge on any atom is 0.251 e. The van der Waals surface area contributed by atoms with Crippen LogP contribution in [0, 0.1) is 0 Å². The second-order valence-corrected chi connectivity index (χ2v) is 8.20. The fourth-order valence-electron chi connectivity index (χ4n) is 3.25. The Labute approximate surface area is 179 Å². The molecule has 1 unspecified atom stereocenters. The molecule has 6 nitrogen and oxygen atoms in total. The van der Waals surface area contributed by atoms with E-state index in [1.807, 2.05) is 67.3 Å². The molecule has 4 aromatic rings. The van der Waals surface area contributed by atoms with Crippen LogP contribution in [0.25, 0.3) is 5.65 Å². The lowest BCUT2D eigenvalue weighted by molar-refractivity contribution is 0.0942. The maximum atomic E-state index is 12.7. The number of nitrogens with one attached hydrogen (secondary N) is 1. The summed E-state index contributed by atoms with van der Waals surface area (Å²) >= 11 is 1.69. The number of pyridine rings is 1. The van der Waals surface area contributed by atoms with Crippen molar-refractivity contribution in [2.24, 2.45) is 0 Å². The summed E-state index contributed by atoms with van der Waals surface area (Å²) in [6.07, 6.45) is 3.89. The predicted octanol–water partition coefficient (Wildman–Crippen LogP) is 4.01. The van der Waals surface area contributed by atoms with Crippen molar-refractivity contribution in [3.63, 3.8) is 0 Å².